The van der Waals surface area contributed by atoms with Gasteiger partial charge in [0.25, 0.3) is 5.91 Å². The van der Waals surface area contributed by atoms with Gasteiger partial charge in [0.05, 0.1) is 28.7 Å². The molecule has 3 unspecified atom stereocenters. The first-order chi connectivity index (χ1) is 21.3. The molecular formula is C31H36ClF4N5O4. The first-order valence-corrected chi connectivity index (χ1v) is 15.5. The van der Waals surface area contributed by atoms with Gasteiger partial charge in [0.2, 0.25) is 0 Å². The Bertz CT molecular complexity index is 1550. The maximum absolute atomic E-state index is 14.2. The number of alkyl halides is 3. The van der Waals surface area contributed by atoms with E-state index in [0.717, 1.165) is 6.07 Å². The number of carbonyl (C=O) groups excluding carboxylic acids is 1. The summed E-state index contributed by atoms with van der Waals surface area (Å²) in [6.07, 6.45) is 0.989. The fourth-order valence-electron chi connectivity index (χ4n) is 7.87. The molecule has 1 amide bonds. The second-order valence-corrected chi connectivity index (χ2v) is 13.3. The summed E-state index contributed by atoms with van der Waals surface area (Å²) < 4.78 is 64.3. The smallest absolute Gasteiger partial charge is 0.385 e. The number of rotatable bonds is 7. The number of hydrogen-bond donors (Lipinski definition) is 3. The summed E-state index contributed by atoms with van der Waals surface area (Å²) in [5, 5.41) is 28.3. The summed E-state index contributed by atoms with van der Waals surface area (Å²) in [6, 6.07) is 3.62. The largest absolute Gasteiger partial charge is 0.435 e. The van der Waals surface area contributed by atoms with E-state index in [2.05, 4.69) is 15.4 Å². The van der Waals surface area contributed by atoms with Crippen molar-refractivity contribution in [1.29, 1.82) is 0 Å². The Morgan fingerprint density at radius 2 is 1.84 bits per heavy atom. The number of halogens is 5. The lowest BCUT2D eigenvalue weighted by Crippen LogP contribution is -2.28. The molecule has 45 heavy (non-hydrogen) atoms. The summed E-state index contributed by atoms with van der Waals surface area (Å²) in [7, 11) is 3.12. The number of hydrogen-bond acceptors (Lipinski definition) is 6. The third-order valence-electron chi connectivity index (χ3n) is 10.0. The number of aryl methyl sites for hydroxylation is 1. The van der Waals surface area contributed by atoms with Gasteiger partial charge in [-0.05, 0) is 81.4 Å². The van der Waals surface area contributed by atoms with Crippen molar-refractivity contribution in [3.8, 4) is 0 Å². The molecule has 3 atom stereocenters. The van der Waals surface area contributed by atoms with Crippen LogP contribution in [0.25, 0.3) is 0 Å². The van der Waals surface area contributed by atoms with Crippen LogP contribution in [0.2, 0.25) is 5.02 Å². The lowest BCUT2D eigenvalue weighted by molar-refractivity contribution is -0.144. The molecule has 3 N–H and O–H groups in total. The highest BCUT2D eigenvalue weighted by Gasteiger charge is 2.54. The zero-order valence-electron chi connectivity index (χ0n) is 24.9. The van der Waals surface area contributed by atoms with Gasteiger partial charge in [0, 0.05) is 43.4 Å². The Morgan fingerprint density at radius 3 is 2.44 bits per heavy atom. The fourth-order valence-corrected chi connectivity index (χ4v) is 8.05. The van der Waals surface area contributed by atoms with Crippen LogP contribution in [-0.4, -0.2) is 48.9 Å². The molecule has 244 valence electrons. The zero-order valence-corrected chi connectivity index (χ0v) is 25.7. The minimum absolute atomic E-state index is 0.0655. The molecular weight excluding hydrogens is 618 g/mol. The minimum Gasteiger partial charge on any atom is -0.385 e. The van der Waals surface area contributed by atoms with E-state index in [0.29, 0.717) is 55.6 Å². The maximum Gasteiger partial charge on any atom is 0.435 e. The van der Waals surface area contributed by atoms with Crippen molar-refractivity contribution in [2.75, 3.05) is 12.4 Å². The van der Waals surface area contributed by atoms with Gasteiger partial charge in [-0.25, -0.2) is 9.37 Å². The summed E-state index contributed by atoms with van der Waals surface area (Å²) in [5.41, 5.74) is -1.67. The van der Waals surface area contributed by atoms with Gasteiger partial charge < -0.3 is 24.8 Å². The Hall–Kier alpha value is -3.00. The molecule has 1 aromatic carbocycles. The number of aliphatic hydroxyl groups excluding tert-OH is 1. The molecule has 3 saturated carbocycles. The predicted octanol–water partition coefficient (Wildman–Crippen LogP) is 6.17. The second-order valence-electron chi connectivity index (χ2n) is 12.9. The van der Waals surface area contributed by atoms with Crippen molar-refractivity contribution in [1.82, 2.24) is 19.3 Å². The first kappa shape index (κ1) is 32.0. The van der Waals surface area contributed by atoms with Crippen LogP contribution in [0.4, 0.5) is 23.2 Å². The number of aromatic nitrogens is 4. The summed E-state index contributed by atoms with van der Waals surface area (Å²) in [5.74, 6) is -1.37. The Kier molecular flexibility index (Phi) is 8.51. The highest BCUT2D eigenvalue weighted by Crippen LogP contribution is 2.58. The molecule has 3 aromatic rings. The average Bonchev–Trinajstić information content (AvgIpc) is 3.76. The molecule has 14 heteroatoms. The third kappa shape index (κ3) is 6.11. The van der Waals surface area contributed by atoms with Crippen LogP contribution in [0.3, 0.4) is 0 Å². The van der Waals surface area contributed by atoms with Gasteiger partial charge in [-0.2, -0.15) is 18.3 Å². The van der Waals surface area contributed by atoms with Gasteiger partial charge >= 0.3 is 6.18 Å². The average molecular weight is 654 g/mol. The number of anilines is 1. The number of nitrogens with zero attached hydrogens (tertiary/aromatic N) is 4. The van der Waals surface area contributed by atoms with E-state index in [1.54, 1.807) is 17.9 Å². The highest BCUT2D eigenvalue weighted by atomic mass is 35.5. The number of imidazole rings is 1. The van der Waals surface area contributed by atoms with Gasteiger partial charge in [0.1, 0.15) is 11.5 Å². The van der Waals surface area contributed by atoms with Crippen LogP contribution in [0.5, 0.6) is 0 Å². The van der Waals surface area contributed by atoms with Crippen molar-refractivity contribution < 1.29 is 37.3 Å². The normalized spacial score (nSPS) is 29.1. The van der Waals surface area contributed by atoms with E-state index in [1.165, 1.54) is 30.1 Å². The molecule has 0 aliphatic heterocycles. The lowest BCUT2D eigenvalue weighted by atomic mass is 9.85. The second kappa shape index (κ2) is 12.0. The van der Waals surface area contributed by atoms with Crippen molar-refractivity contribution in [3.63, 3.8) is 0 Å². The zero-order chi connectivity index (χ0) is 32.3. The SMILES string of the molecule is COC(O)C1CCC(n2cc(C3(O)CC4CC(c5ncn(C)c5C(=O)Nc5ccc(F)c(Cl)c5)CC4C3)c(C(F)(F)F)n2)CC1. The quantitative estimate of drug-likeness (QED) is 0.208. The molecule has 6 rings (SSSR count). The van der Waals surface area contributed by atoms with Crippen LogP contribution in [0.15, 0.2) is 30.7 Å². The third-order valence-corrected chi connectivity index (χ3v) is 10.3. The predicted molar refractivity (Wildman–Crippen MR) is 156 cm³/mol. The van der Waals surface area contributed by atoms with Crippen LogP contribution < -0.4 is 5.32 Å². The van der Waals surface area contributed by atoms with Gasteiger partial charge in [0.15, 0.2) is 12.0 Å². The molecule has 2 aromatic heterocycles. The minimum atomic E-state index is -4.73. The van der Waals surface area contributed by atoms with Gasteiger partial charge in [-0.15, -0.1) is 0 Å². The van der Waals surface area contributed by atoms with Crippen molar-refractivity contribution in [2.24, 2.45) is 24.8 Å². The maximum atomic E-state index is 14.2. The van der Waals surface area contributed by atoms with Crippen molar-refractivity contribution >= 4 is 23.2 Å². The van der Waals surface area contributed by atoms with E-state index in [-0.39, 0.29) is 53.1 Å². The van der Waals surface area contributed by atoms with Crippen molar-refractivity contribution in [3.05, 3.63) is 64.2 Å². The number of nitrogens with one attached hydrogen (secondary N) is 1. The molecule has 0 saturated heterocycles. The van der Waals surface area contributed by atoms with Crippen LogP contribution in [0.1, 0.15) is 90.8 Å². The van der Waals surface area contributed by atoms with Crippen LogP contribution >= 0.6 is 11.6 Å². The molecule has 2 heterocycles. The van der Waals surface area contributed by atoms with E-state index in [9.17, 15) is 32.6 Å². The van der Waals surface area contributed by atoms with Crippen LogP contribution in [0, 0.1) is 23.6 Å². The standard InChI is InChI=1S/C31H36ClF4N5O4/c1-40-15-37-25(26(40)28(42)38-20-5-8-24(33)23(32)11-20)17-9-18-12-30(44,13-19(18)10-17)22-14-41(39-27(22)31(34,35)36)21-6-3-16(4-7-21)29(43)45-2/h5,8,11,14-19,21,29,43-44H,3-4,6-7,9-10,12-13H2,1-2H3,(H,38,42). The number of carbonyl (C=O) groups is 1. The number of benzene rings is 1. The summed E-state index contributed by atoms with van der Waals surface area (Å²) in [6.45, 7) is 0. The highest BCUT2D eigenvalue weighted by molar-refractivity contribution is 6.31. The van der Waals surface area contributed by atoms with Gasteiger partial charge in [-0.3, -0.25) is 9.48 Å². The van der Waals surface area contributed by atoms with Crippen molar-refractivity contribution in [2.45, 2.75) is 81.4 Å². The number of aliphatic hydroxyl groups is 2. The number of methoxy groups -OCH3 is 1. The Morgan fingerprint density at radius 1 is 1.18 bits per heavy atom. The number of fused-ring (bicyclic) bond motifs is 1. The number of ether oxygens (including phenoxy) is 1. The molecule has 0 radical (unpaired) electrons. The molecule has 3 fully saturated rings. The Balaban J connectivity index is 1.17. The summed E-state index contributed by atoms with van der Waals surface area (Å²) in [4.78, 5) is 17.8. The molecule has 3 aliphatic rings. The lowest BCUT2D eigenvalue weighted by Gasteiger charge is -2.31. The number of amides is 1. The van der Waals surface area contributed by atoms with E-state index in [1.807, 2.05) is 0 Å². The fraction of sp³-hybridized carbons (Fsp3) is 0.581. The Labute approximate surface area is 262 Å². The molecule has 0 bridgehead atoms. The van der Waals surface area contributed by atoms with E-state index in [4.69, 9.17) is 16.3 Å². The molecule has 3 aliphatic carbocycles. The van der Waals surface area contributed by atoms with E-state index >= 15 is 0 Å². The van der Waals surface area contributed by atoms with Gasteiger partial charge in [-0.1, -0.05) is 11.6 Å². The summed E-state index contributed by atoms with van der Waals surface area (Å²) >= 11 is 5.86. The van der Waals surface area contributed by atoms with Crippen LogP contribution in [-0.2, 0) is 23.6 Å². The van der Waals surface area contributed by atoms with E-state index < -0.39 is 35.5 Å². The first-order valence-electron chi connectivity index (χ1n) is 15.1. The monoisotopic (exact) mass is 653 g/mol. The topological polar surface area (TPSA) is 114 Å². The molecule has 0 spiro atoms. The molecule has 9 nitrogen and oxygen atoms in total.